The molecule has 3 aromatic rings. The number of aryl methyl sites for hydroxylation is 2. The van der Waals surface area contributed by atoms with Crippen LogP contribution in [0.5, 0.6) is 0 Å². The maximum Gasteiger partial charge on any atom is 0.255 e. The number of amides is 1. The lowest BCUT2D eigenvalue weighted by Gasteiger charge is -2.27. The van der Waals surface area contributed by atoms with Gasteiger partial charge < -0.3 is 4.90 Å². The molecule has 2 heterocycles. The predicted octanol–water partition coefficient (Wildman–Crippen LogP) is 4.39. The number of nitrogens with zero attached hydrogens (tertiary/aromatic N) is 3. The summed E-state index contributed by atoms with van der Waals surface area (Å²) in [7, 11) is 1.88. The maximum atomic E-state index is 13.3. The minimum atomic E-state index is -0.262. The van der Waals surface area contributed by atoms with E-state index in [0.29, 0.717) is 30.1 Å². The smallest absolute Gasteiger partial charge is 0.255 e. The average Bonchev–Trinajstić information content (AvgIpc) is 2.99. The number of hydrogen-bond acceptors (Lipinski definition) is 2. The summed E-state index contributed by atoms with van der Waals surface area (Å²) in [5.41, 5.74) is 5.30. The SMILES string of the molecule is Cc1cccc(C(=O)N2CCc3c(nn(C)c3-c3ccc(F)cc3)C2)c1Cl. The van der Waals surface area contributed by atoms with E-state index in [2.05, 4.69) is 5.10 Å². The van der Waals surface area contributed by atoms with Gasteiger partial charge in [-0.1, -0.05) is 23.7 Å². The Hall–Kier alpha value is -2.66. The fraction of sp³-hybridized carbons (Fsp3) is 0.238. The summed E-state index contributed by atoms with van der Waals surface area (Å²) in [4.78, 5) is 14.7. The van der Waals surface area contributed by atoms with Gasteiger partial charge in [-0.25, -0.2) is 4.39 Å². The summed E-state index contributed by atoms with van der Waals surface area (Å²) in [5.74, 6) is -0.343. The molecule has 0 atom stereocenters. The molecule has 0 bridgehead atoms. The second kappa shape index (κ2) is 6.82. The minimum Gasteiger partial charge on any atom is -0.332 e. The summed E-state index contributed by atoms with van der Waals surface area (Å²) in [6.45, 7) is 2.92. The number of benzene rings is 2. The van der Waals surface area contributed by atoms with Crippen molar-refractivity contribution in [1.82, 2.24) is 14.7 Å². The average molecular weight is 384 g/mol. The van der Waals surface area contributed by atoms with Crippen molar-refractivity contribution >= 4 is 17.5 Å². The van der Waals surface area contributed by atoms with Crippen LogP contribution in [0.15, 0.2) is 42.5 Å². The summed E-state index contributed by atoms with van der Waals surface area (Å²) < 4.78 is 15.1. The third-order valence-electron chi connectivity index (χ3n) is 5.03. The summed E-state index contributed by atoms with van der Waals surface area (Å²) in [6, 6.07) is 11.9. The molecular weight excluding hydrogens is 365 g/mol. The first-order valence-electron chi connectivity index (χ1n) is 8.81. The van der Waals surface area contributed by atoms with E-state index in [-0.39, 0.29) is 11.7 Å². The fourth-order valence-electron chi connectivity index (χ4n) is 3.64. The van der Waals surface area contributed by atoms with Crippen LogP contribution in [0.1, 0.15) is 27.2 Å². The van der Waals surface area contributed by atoms with Crippen LogP contribution in [0.2, 0.25) is 5.02 Å². The Labute approximate surface area is 162 Å². The Morgan fingerprint density at radius 2 is 1.93 bits per heavy atom. The van der Waals surface area contributed by atoms with Gasteiger partial charge in [0, 0.05) is 24.7 Å². The zero-order valence-electron chi connectivity index (χ0n) is 15.2. The number of carbonyl (C=O) groups is 1. The zero-order chi connectivity index (χ0) is 19.1. The molecule has 6 heteroatoms. The van der Waals surface area contributed by atoms with Crippen molar-refractivity contribution in [3.05, 3.63) is 75.7 Å². The largest absolute Gasteiger partial charge is 0.332 e. The van der Waals surface area contributed by atoms with E-state index >= 15 is 0 Å². The van der Waals surface area contributed by atoms with Gasteiger partial charge in [0.2, 0.25) is 0 Å². The first-order chi connectivity index (χ1) is 13.0. The summed E-state index contributed by atoms with van der Waals surface area (Å²) >= 11 is 6.33. The van der Waals surface area contributed by atoms with E-state index in [1.807, 2.05) is 30.8 Å². The molecular formula is C21H19ClFN3O. The van der Waals surface area contributed by atoms with Crippen LogP contribution in [-0.4, -0.2) is 27.1 Å². The molecule has 4 nitrogen and oxygen atoms in total. The predicted molar refractivity (Wildman–Crippen MR) is 103 cm³/mol. The van der Waals surface area contributed by atoms with E-state index in [0.717, 1.165) is 28.1 Å². The lowest BCUT2D eigenvalue weighted by molar-refractivity contribution is 0.0732. The Bertz CT molecular complexity index is 1030. The number of halogens is 2. The molecule has 4 rings (SSSR count). The lowest BCUT2D eigenvalue weighted by Crippen LogP contribution is -2.36. The molecule has 0 unspecified atom stereocenters. The van der Waals surface area contributed by atoms with Crippen molar-refractivity contribution in [2.24, 2.45) is 7.05 Å². The highest BCUT2D eigenvalue weighted by Crippen LogP contribution is 2.31. The maximum absolute atomic E-state index is 13.3. The van der Waals surface area contributed by atoms with E-state index in [1.54, 1.807) is 23.1 Å². The lowest BCUT2D eigenvalue weighted by atomic mass is 9.99. The van der Waals surface area contributed by atoms with Gasteiger partial charge in [0.05, 0.1) is 28.5 Å². The highest BCUT2D eigenvalue weighted by atomic mass is 35.5. The molecule has 0 fully saturated rings. The van der Waals surface area contributed by atoms with Gasteiger partial charge in [-0.15, -0.1) is 0 Å². The van der Waals surface area contributed by atoms with Crippen LogP contribution >= 0.6 is 11.6 Å². The number of aromatic nitrogens is 2. The highest BCUT2D eigenvalue weighted by Gasteiger charge is 2.28. The van der Waals surface area contributed by atoms with Crippen molar-refractivity contribution in [3.63, 3.8) is 0 Å². The summed E-state index contributed by atoms with van der Waals surface area (Å²) in [6.07, 6.45) is 0.699. The van der Waals surface area contributed by atoms with Crippen molar-refractivity contribution in [3.8, 4) is 11.3 Å². The van der Waals surface area contributed by atoms with E-state index in [4.69, 9.17) is 11.6 Å². The summed E-state index contributed by atoms with van der Waals surface area (Å²) in [5, 5.41) is 5.11. The van der Waals surface area contributed by atoms with Crippen molar-refractivity contribution < 1.29 is 9.18 Å². The highest BCUT2D eigenvalue weighted by molar-refractivity contribution is 6.34. The molecule has 1 amide bonds. The molecule has 1 aromatic heterocycles. The van der Waals surface area contributed by atoms with Crippen LogP contribution in [0.4, 0.5) is 4.39 Å². The zero-order valence-corrected chi connectivity index (χ0v) is 15.9. The van der Waals surface area contributed by atoms with Gasteiger partial charge in [-0.05, 0) is 49.2 Å². The van der Waals surface area contributed by atoms with Crippen LogP contribution in [0.3, 0.4) is 0 Å². The molecule has 0 saturated heterocycles. The van der Waals surface area contributed by atoms with Crippen LogP contribution in [0, 0.1) is 12.7 Å². The molecule has 0 spiro atoms. The van der Waals surface area contributed by atoms with E-state index < -0.39 is 0 Å². The minimum absolute atomic E-state index is 0.0802. The first-order valence-corrected chi connectivity index (χ1v) is 9.18. The van der Waals surface area contributed by atoms with Crippen LogP contribution < -0.4 is 0 Å². The number of carbonyl (C=O) groups excluding carboxylic acids is 1. The molecule has 1 aliphatic heterocycles. The van der Waals surface area contributed by atoms with Crippen LogP contribution in [-0.2, 0) is 20.0 Å². The van der Waals surface area contributed by atoms with Crippen LogP contribution in [0.25, 0.3) is 11.3 Å². The van der Waals surface area contributed by atoms with E-state index in [1.165, 1.54) is 12.1 Å². The molecule has 1 aliphatic rings. The molecule has 0 N–H and O–H groups in total. The topological polar surface area (TPSA) is 38.1 Å². The Balaban J connectivity index is 1.65. The van der Waals surface area contributed by atoms with Crippen molar-refractivity contribution in [2.45, 2.75) is 19.9 Å². The number of hydrogen-bond donors (Lipinski definition) is 0. The Kier molecular flexibility index (Phi) is 4.48. The quantitative estimate of drug-likeness (QED) is 0.658. The van der Waals surface area contributed by atoms with E-state index in [9.17, 15) is 9.18 Å². The number of fused-ring (bicyclic) bond motifs is 1. The number of rotatable bonds is 2. The fourth-order valence-corrected chi connectivity index (χ4v) is 3.85. The third-order valence-corrected chi connectivity index (χ3v) is 5.53. The van der Waals surface area contributed by atoms with Gasteiger partial charge in [-0.2, -0.15) is 5.10 Å². The first kappa shape index (κ1) is 17.7. The Morgan fingerprint density at radius 3 is 2.67 bits per heavy atom. The van der Waals surface area contributed by atoms with Gasteiger partial charge in [-0.3, -0.25) is 9.48 Å². The van der Waals surface area contributed by atoms with Crippen molar-refractivity contribution in [2.75, 3.05) is 6.54 Å². The van der Waals surface area contributed by atoms with Gasteiger partial charge >= 0.3 is 0 Å². The molecule has 27 heavy (non-hydrogen) atoms. The third kappa shape index (κ3) is 3.12. The molecule has 138 valence electrons. The normalized spacial score (nSPS) is 13.6. The molecule has 2 aromatic carbocycles. The molecule has 0 aliphatic carbocycles. The van der Waals surface area contributed by atoms with Crippen molar-refractivity contribution in [1.29, 1.82) is 0 Å². The van der Waals surface area contributed by atoms with Gasteiger partial charge in [0.25, 0.3) is 5.91 Å². The molecule has 0 saturated carbocycles. The second-order valence-corrected chi connectivity index (χ2v) is 7.20. The Morgan fingerprint density at radius 1 is 1.19 bits per heavy atom. The second-order valence-electron chi connectivity index (χ2n) is 6.82. The molecule has 0 radical (unpaired) electrons. The van der Waals surface area contributed by atoms with Gasteiger partial charge in [0.15, 0.2) is 0 Å². The van der Waals surface area contributed by atoms with Gasteiger partial charge in [0.1, 0.15) is 5.82 Å². The standard InChI is InChI=1S/C21H19ClFN3O/c1-13-4-3-5-17(19(13)22)21(27)26-11-10-16-18(12-26)24-25(2)20(16)14-6-8-15(23)9-7-14/h3-9H,10-12H2,1-2H3. The monoisotopic (exact) mass is 383 g/mol.